The molecular formula is C36H41F4N5O. The van der Waals surface area contributed by atoms with E-state index in [1.807, 2.05) is 19.9 Å². The monoisotopic (exact) mass is 635 g/mol. The highest BCUT2D eigenvalue weighted by Gasteiger charge is 2.49. The molecule has 1 aromatic heterocycles. The highest BCUT2D eigenvalue weighted by Crippen LogP contribution is 2.41. The molecule has 2 aromatic carbocycles. The number of fused-ring (bicyclic) bond motifs is 4. The highest BCUT2D eigenvalue weighted by atomic mass is 19.1. The smallest absolute Gasteiger partial charge is 0.319 e. The van der Waals surface area contributed by atoms with Gasteiger partial charge in [-0.15, -0.1) is 0 Å². The van der Waals surface area contributed by atoms with Gasteiger partial charge in [-0.3, -0.25) is 4.90 Å². The number of anilines is 1. The Kier molecular flexibility index (Phi) is 8.30. The fourth-order valence-corrected chi connectivity index (χ4v) is 8.18. The van der Waals surface area contributed by atoms with Crippen LogP contribution >= 0.6 is 0 Å². The second-order valence-electron chi connectivity index (χ2n) is 13.5. The van der Waals surface area contributed by atoms with Gasteiger partial charge in [0.25, 0.3) is 0 Å². The van der Waals surface area contributed by atoms with Crippen LogP contribution in [0.3, 0.4) is 0 Å². The van der Waals surface area contributed by atoms with Gasteiger partial charge in [-0.05, 0) is 86.9 Å². The first kappa shape index (κ1) is 31.1. The van der Waals surface area contributed by atoms with E-state index in [0.717, 1.165) is 43.4 Å². The number of rotatable bonds is 8. The normalized spacial score (nSPS) is 26.5. The minimum absolute atomic E-state index is 0.00320. The standard InChI is InChI=1S/C36H41F4N5O/c1-4-27-22(3)23(9-12-29(27)38)8-5-7-21(2)31-30(39)15-28-33(32(31)40)42-35(43-34(28)44-18-25-10-11-26(19-44)41-25)46-20-36-13-6-14-45(36)17-24(37)16-36/h5,7-9,12,15,24-26,41H,4,6,10-11,13-14,16-20H2,1-3H3/b8-5-,21-7+/t24-,25?,26?,36+/m1/s1. The summed E-state index contributed by atoms with van der Waals surface area (Å²) in [5, 5.41) is 3.90. The topological polar surface area (TPSA) is 53.5 Å². The van der Waals surface area contributed by atoms with Crippen molar-refractivity contribution in [2.24, 2.45) is 0 Å². The van der Waals surface area contributed by atoms with Crippen molar-refractivity contribution >= 4 is 28.4 Å². The molecule has 3 aromatic rings. The lowest BCUT2D eigenvalue weighted by molar-refractivity contribution is 0.107. The average molecular weight is 636 g/mol. The molecule has 4 aliphatic heterocycles. The molecule has 0 amide bonds. The first-order valence-corrected chi connectivity index (χ1v) is 16.5. The van der Waals surface area contributed by atoms with Crippen molar-refractivity contribution in [3.63, 3.8) is 0 Å². The quantitative estimate of drug-likeness (QED) is 0.214. The molecule has 10 heteroatoms. The molecule has 5 heterocycles. The number of allylic oxidation sites excluding steroid dienone is 3. The lowest BCUT2D eigenvalue weighted by atomic mass is 9.95. The van der Waals surface area contributed by atoms with E-state index in [2.05, 4.69) is 20.1 Å². The maximum Gasteiger partial charge on any atom is 0.319 e. The number of piperazine rings is 1. The minimum Gasteiger partial charge on any atom is -0.461 e. The van der Waals surface area contributed by atoms with E-state index >= 15 is 8.78 Å². The number of hydrogen-bond donors (Lipinski definition) is 1. The Balaban J connectivity index is 1.25. The van der Waals surface area contributed by atoms with Gasteiger partial charge < -0.3 is 15.0 Å². The Bertz CT molecular complexity index is 1710. The van der Waals surface area contributed by atoms with Crippen molar-refractivity contribution in [2.75, 3.05) is 37.7 Å². The van der Waals surface area contributed by atoms with Crippen LogP contribution < -0.4 is 15.0 Å². The fourth-order valence-electron chi connectivity index (χ4n) is 8.18. The molecule has 2 unspecified atom stereocenters. The Morgan fingerprint density at radius 2 is 1.89 bits per heavy atom. The third kappa shape index (κ3) is 5.57. The molecule has 7 rings (SSSR count). The van der Waals surface area contributed by atoms with Crippen molar-refractivity contribution in [2.45, 2.75) is 83.1 Å². The van der Waals surface area contributed by atoms with Crippen LogP contribution in [-0.2, 0) is 6.42 Å². The summed E-state index contributed by atoms with van der Waals surface area (Å²) in [6.45, 7) is 8.20. The largest absolute Gasteiger partial charge is 0.461 e. The summed E-state index contributed by atoms with van der Waals surface area (Å²) in [5.41, 5.74) is 2.13. The molecule has 46 heavy (non-hydrogen) atoms. The van der Waals surface area contributed by atoms with Crippen molar-refractivity contribution in [1.29, 1.82) is 0 Å². The summed E-state index contributed by atoms with van der Waals surface area (Å²) in [7, 11) is 0. The molecule has 6 nitrogen and oxygen atoms in total. The van der Waals surface area contributed by atoms with Gasteiger partial charge in [0, 0.05) is 43.5 Å². The van der Waals surface area contributed by atoms with E-state index in [-0.39, 0.29) is 41.6 Å². The maximum absolute atomic E-state index is 16.5. The molecule has 4 atom stereocenters. The van der Waals surface area contributed by atoms with Crippen LogP contribution in [0.1, 0.15) is 68.2 Å². The predicted molar refractivity (Wildman–Crippen MR) is 173 cm³/mol. The molecular weight excluding hydrogens is 594 g/mol. The van der Waals surface area contributed by atoms with Gasteiger partial charge in [0.2, 0.25) is 0 Å². The Morgan fingerprint density at radius 3 is 2.65 bits per heavy atom. The Labute approximate surface area is 267 Å². The third-order valence-electron chi connectivity index (χ3n) is 10.5. The number of aromatic nitrogens is 2. The van der Waals surface area contributed by atoms with Crippen LogP contribution in [0.15, 0.2) is 30.4 Å². The van der Waals surface area contributed by atoms with Gasteiger partial charge in [0.15, 0.2) is 5.82 Å². The molecule has 0 aliphatic carbocycles. The predicted octanol–water partition coefficient (Wildman–Crippen LogP) is 6.93. The number of nitrogens with zero attached hydrogens (tertiary/aromatic N) is 4. The van der Waals surface area contributed by atoms with E-state index in [1.54, 1.807) is 25.1 Å². The first-order chi connectivity index (χ1) is 22.2. The molecule has 4 fully saturated rings. The molecule has 0 spiro atoms. The Hall–Kier alpha value is -3.50. The second-order valence-corrected chi connectivity index (χ2v) is 13.5. The summed E-state index contributed by atoms with van der Waals surface area (Å²) in [4.78, 5) is 13.5. The number of nitrogens with one attached hydrogen (secondary N) is 1. The highest BCUT2D eigenvalue weighted by molar-refractivity contribution is 5.93. The van der Waals surface area contributed by atoms with Gasteiger partial charge in [-0.1, -0.05) is 31.2 Å². The van der Waals surface area contributed by atoms with Crippen molar-refractivity contribution < 1.29 is 22.3 Å². The first-order valence-electron chi connectivity index (χ1n) is 16.5. The minimum atomic E-state index is -0.902. The third-order valence-corrected chi connectivity index (χ3v) is 10.5. The van der Waals surface area contributed by atoms with E-state index in [4.69, 9.17) is 9.72 Å². The molecule has 2 bridgehead atoms. The van der Waals surface area contributed by atoms with Crippen LogP contribution in [0.4, 0.5) is 23.4 Å². The van der Waals surface area contributed by atoms with Crippen molar-refractivity contribution in [3.8, 4) is 6.01 Å². The summed E-state index contributed by atoms with van der Waals surface area (Å²) < 4.78 is 67.1. The van der Waals surface area contributed by atoms with E-state index in [9.17, 15) is 8.78 Å². The van der Waals surface area contributed by atoms with E-state index in [0.29, 0.717) is 54.8 Å². The van der Waals surface area contributed by atoms with Crippen LogP contribution in [0, 0.1) is 24.4 Å². The zero-order valence-electron chi connectivity index (χ0n) is 26.7. The summed E-state index contributed by atoms with van der Waals surface area (Å²) in [6.07, 6.45) is 9.13. The number of ether oxygens (including phenoxy) is 1. The zero-order valence-corrected chi connectivity index (χ0v) is 26.7. The van der Waals surface area contributed by atoms with E-state index < -0.39 is 23.3 Å². The van der Waals surface area contributed by atoms with E-state index in [1.165, 1.54) is 12.1 Å². The maximum atomic E-state index is 16.5. The lowest BCUT2D eigenvalue weighted by Gasteiger charge is -2.34. The summed E-state index contributed by atoms with van der Waals surface area (Å²) in [6, 6.07) is 5.06. The van der Waals surface area contributed by atoms with Crippen LogP contribution in [0.25, 0.3) is 22.6 Å². The molecule has 4 aliphatic rings. The van der Waals surface area contributed by atoms with Gasteiger partial charge in [0.05, 0.1) is 11.1 Å². The number of alkyl halides is 1. The van der Waals surface area contributed by atoms with Crippen molar-refractivity contribution in [1.82, 2.24) is 20.2 Å². The summed E-state index contributed by atoms with van der Waals surface area (Å²) in [5.74, 6) is -1.26. The lowest BCUT2D eigenvalue weighted by Crippen LogP contribution is -2.51. The number of benzene rings is 2. The molecule has 1 N–H and O–H groups in total. The van der Waals surface area contributed by atoms with Gasteiger partial charge in [0.1, 0.15) is 35.7 Å². The average Bonchev–Trinajstić information content (AvgIpc) is 3.67. The van der Waals surface area contributed by atoms with Crippen LogP contribution in [0.2, 0.25) is 0 Å². The van der Waals surface area contributed by atoms with Gasteiger partial charge >= 0.3 is 6.01 Å². The van der Waals surface area contributed by atoms with Gasteiger partial charge in [-0.25, -0.2) is 17.6 Å². The van der Waals surface area contributed by atoms with Crippen molar-refractivity contribution in [3.05, 3.63) is 70.1 Å². The SMILES string of the molecule is CCc1c(F)ccc(/C=C\C=C(/C)c2c(F)cc3c(N4CC5CCC(C4)N5)nc(OC[C@@]45CCCN4C[C@H](F)C5)nc3c2F)c1C. The fraction of sp³-hybridized carbons (Fsp3) is 0.500. The zero-order chi connectivity index (χ0) is 32.2. The number of hydrogen-bond acceptors (Lipinski definition) is 6. The molecule has 244 valence electrons. The van der Waals surface area contributed by atoms with Crippen LogP contribution in [-0.4, -0.2) is 71.4 Å². The second kappa shape index (κ2) is 12.3. The van der Waals surface area contributed by atoms with Gasteiger partial charge in [-0.2, -0.15) is 9.97 Å². The summed E-state index contributed by atoms with van der Waals surface area (Å²) >= 11 is 0. The molecule has 4 saturated heterocycles. The Morgan fingerprint density at radius 1 is 1.11 bits per heavy atom. The molecule has 0 saturated carbocycles. The van der Waals surface area contributed by atoms with Crippen LogP contribution in [0.5, 0.6) is 6.01 Å². The molecule has 0 radical (unpaired) electrons. The number of halogens is 4.